The van der Waals surface area contributed by atoms with E-state index in [1.54, 1.807) is 7.11 Å². The Morgan fingerprint density at radius 1 is 1.23 bits per heavy atom. The molecule has 4 nitrogen and oxygen atoms in total. The lowest BCUT2D eigenvalue weighted by molar-refractivity contribution is -0.156. The van der Waals surface area contributed by atoms with E-state index >= 15 is 0 Å². The van der Waals surface area contributed by atoms with Crippen molar-refractivity contribution in [1.29, 1.82) is 0 Å². The van der Waals surface area contributed by atoms with Gasteiger partial charge >= 0.3 is 5.97 Å². The van der Waals surface area contributed by atoms with Gasteiger partial charge in [0.05, 0.1) is 26.2 Å². The first-order chi connectivity index (χ1) is 12.4. The van der Waals surface area contributed by atoms with Gasteiger partial charge in [0, 0.05) is 0 Å². The summed E-state index contributed by atoms with van der Waals surface area (Å²) in [6.45, 7) is 6.92. The maximum absolute atomic E-state index is 12.7. The first kappa shape index (κ1) is 20.3. The smallest absolute Gasteiger partial charge is 0.312 e. The zero-order valence-electron chi connectivity index (χ0n) is 16.7. The third-order valence-corrected chi connectivity index (χ3v) is 5.57. The topological polar surface area (TPSA) is 44.8 Å². The molecule has 0 spiro atoms. The molecule has 0 heterocycles. The zero-order chi connectivity index (χ0) is 19.2. The van der Waals surface area contributed by atoms with Crippen LogP contribution < -0.4 is 9.47 Å². The van der Waals surface area contributed by atoms with E-state index in [1.807, 2.05) is 24.3 Å². The summed E-state index contributed by atoms with van der Waals surface area (Å²) in [6, 6.07) is 7.61. The van der Waals surface area contributed by atoms with Gasteiger partial charge in [-0.15, -0.1) is 0 Å². The normalized spacial score (nSPS) is 23.2. The average Bonchev–Trinajstić information content (AvgIpc) is 3.09. The molecule has 2 rings (SSSR count). The molecule has 0 unspecified atom stereocenters. The predicted octanol–water partition coefficient (Wildman–Crippen LogP) is 5.03. The Bertz CT molecular complexity index is 616. The monoisotopic (exact) mass is 360 g/mol. The van der Waals surface area contributed by atoms with Crippen LogP contribution in [0.25, 0.3) is 0 Å². The highest BCUT2D eigenvalue weighted by atomic mass is 16.5. The van der Waals surface area contributed by atoms with Crippen molar-refractivity contribution >= 4 is 5.97 Å². The summed E-state index contributed by atoms with van der Waals surface area (Å²) in [5.74, 6) is 2.10. The van der Waals surface area contributed by atoms with Gasteiger partial charge in [0.15, 0.2) is 0 Å². The molecule has 0 bridgehead atoms. The molecule has 3 atom stereocenters. The molecule has 0 radical (unpaired) electrons. The third kappa shape index (κ3) is 4.60. The van der Waals surface area contributed by atoms with E-state index in [0.29, 0.717) is 6.61 Å². The summed E-state index contributed by atoms with van der Waals surface area (Å²) in [5, 5.41) is 0. The number of hydrogen-bond acceptors (Lipinski definition) is 4. The van der Waals surface area contributed by atoms with Crippen LogP contribution in [0.3, 0.4) is 0 Å². The molecule has 0 N–H and O–H groups in total. The lowest BCUT2D eigenvalue weighted by Gasteiger charge is -2.35. The first-order valence-corrected chi connectivity index (χ1v) is 9.41. The summed E-state index contributed by atoms with van der Waals surface area (Å²) < 4.78 is 16.4. The van der Waals surface area contributed by atoms with Crippen molar-refractivity contribution in [3.63, 3.8) is 0 Å². The van der Waals surface area contributed by atoms with Crippen molar-refractivity contribution in [1.82, 2.24) is 0 Å². The maximum Gasteiger partial charge on any atom is 0.312 e. The molecule has 1 fully saturated rings. The van der Waals surface area contributed by atoms with Crippen molar-refractivity contribution in [3.8, 4) is 11.5 Å². The van der Waals surface area contributed by atoms with E-state index in [-0.39, 0.29) is 17.8 Å². The van der Waals surface area contributed by atoms with E-state index in [9.17, 15) is 4.79 Å². The molecule has 0 aromatic heterocycles. The van der Waals surface area contributed by atoms with E-state index in [2.05, 4.69) is 26.8 Å². The van der Waals surface area contributed by atoms with Gasteiger partial charge in [-0.3, -0.25) is 4.79 Å². The van der Waals surface area contributed by atoms with Crippen LogP contribution in [0.2, 0.25) is 0 Å². The second kappa shape index (κ2) is 9.11. The molecule has 1 aromatic carbocycles. The second-order valence-electron chi connectivity index (χ2n) is 7.60. The Morgan fingerprint density at radius 3 is 2.46 bits per heavy atom. The van der Waals surface area contributed by atoms with E-state index in [4.69, 9.17) is 14.2 Å². The molecule has 0 aliphatic heterocycles. The van der Waals surface area contributed by atoms with Crippen LogP contribution in [0.5, 0.6) is 11.5 Å². The average molecular weight is 360 g/mol. The lowest BCUT2D eigenvalue weighted by atomic mass is 9.70. The molecular formula is C22H32O4. The minimum Gasteiger partial charge on any atom is -0.497 e. The minimum absolute atomic E-state index is 0.0752. The van der Waals surface area contributed by atoms with Gasteiger partial charge < -0.3 is 14.2 Å². The fourth-order valence-electron chi connectivity index (χ4n) is 4.12. The van der Waals surface area contributed by atoms with Crippen LogP contribution in [0.1, 0.15) is 46.5 Å². The van der Waals surface area contributed by atoms with Crippen molar-refractivity contribution < 1.29 is 19.0 Å². The van der Waals surface area contributed by atoms with Gasteiger partial charge in [-0.25, -0.2) is 0 Å². The first-order valence-electron chi connectivity index (χ1n) is 9.41. The molecule has 1 saturated carbocycles. The Kier molecular flexibility index (Phi) is 7.13. The number of carbonyl (C=O) groups excluding carboxylic acids is 1. The predicted molar refractivity (Wildman–Crippen MR) is 103 cm³/mol. The Morgan fingerprint density at radius 2 is 1.88 bits per heavy atom. The Balaban J connectivity index is 2.09. The van der Waals surface area contributed by atoms with Crippen LogP contribution >= 0.6 is 0 Å². The zero-order valence-corrected chi connectivity index (χ0v) is 16.7. The molecular weight excluding hydrogens is 328 g/mol. The van der Waals surface area contributed by atoms with Gasteiger partial charge in [0.25, 0.3) is 0 Å². The second-order valence-corrected chi connectivity index (χ2v) is 7.60. The lowest BCUT2D eigenvalue weighted by Crippen LogP contribution is -2.40. The van der Waals surface area contributed by atoms with Crippen molar-refractivity contribution in [2.24, 2.45) is 17.3 Å². The van der Waals surface area contributed by atoms with Gasteiger partial charge in [-0.05, 0) is 69.2 Å². The summed E-state index contributed by atoms with van der Waals surface area (Å²) in [5.41, 5.74) is 0.815. The van der Waals surface area contributed by atoms with E-state index < -0.39 is 5.41 Å². The molecule has 0 amide bonds. The number of carbonyl (C=O) groups is 1. The van der Waals surface area contributed by atoms with Crippen molar-refractivity contribution in [2.75, 3.05) is 20.8 Å². The SMILES string of the molecule is COC(=O)[C@]1(CC=C(C)C)CCC[C@@H]1[C@H](C)COc1ccc(OC)cc1. The highest BCUT2D eigenvalue weighted by Gasteiger charge is 2.51. The van der Waals surface area contributed by atoms with Gasteiger partial charge in [-0.1, -0.05) is 25.0 Å². The number of methoxy groups -OCH3 is 2. The summed E-state index contributed by atoms with van der Waals surface area (Å²) in [7, 11) is 3.15. The van der Waals surface area contributed by atoms with Crippen molar-refractivity contribution in [3.05, 3.63) is 35.9 Å². The highest BCUT2D eigenvalue weighted by Crippen LogP contribution is 2.51. The third-order valence-electron chi connectivity index (χ3n) is 5.57. The van der Waals surface area contributed by atoms with E-state index in [0.717, 1.165) is 37.2 Å². The standard InChI is InChI=1S/C22H32O4/c1-16(2)12-14-22(21(23)25-5)13-6-7-20(22)17(3)15-26-19-10-8-18(24-4)9-11-19/h8-12,17,20H,6-7,13-15H2,1-5H3/t17-,20-,22+/m1/s1. The number of hydrogen-bond donors (Lipinski definition) is 0. The molecule has 26 heavy (non-hydrogen) atoms. The molecule has 1 aliphatic carbocycles. The van der Waals surface area contributed by atoms with Crippen LogP contribution in [-0.2, 0) is 9.53 Å². The Labute approximate surface area is 157 Å². The van der Waals surface area contributed by atoms with Gasteiger partial charge in [0.1, 0.15) is 11.5 Å². The quantitative estimate of drug-likeness (QED) is 0.482. The number of benzene rings is 1. The minimum atomic E-state index is -0.422. The van der Waals surface area contributed by atoms with Gasteiger partial charge in [0.2, 0.25) is 0 Å². The molecule has 144 valence electrons. The summed E-state index contributed by atoms with van der Waals surface area (Å²) in [6.07, 6.45) is 5.91. The number of rotatable bonds is 8. The maximum atomic E-state index is 12.7. The van der Waals surface area contributed by atoms with Crippen LogP contribution in [0.4, 0.5) is 0 Å². The summed E-state index contributed by atoms with van der Waals surface area (Å²) in [4.78, 5) is 12.7. The molecule has 4 heteroatoms. The van der Waals surface area contributed by atoms with E-state index in [1.165, 1.54) is 12.7 Å². The number of ether oxygens (including phenoxy) is 3. The molecule has 1 aromatic rings. The Hall–Kier alpha value is -1.97. The van der Waals surface area contributed by atoms with Gasteiger partial charge in [-0.2, -0.15) is 0 Å². The largest absolute Gasteiger partial charge is 0.497 e. The fraction of sp³-hybridized carbons (Fsp3) is 0.591. The molecule has 1 aliphatic rings. The van der Waals surface area contributed by atoms with Crippen molar-refractivity contribution in [2.45, 2.75) is 46.5 Å². The number of esters is 1. The van der Waals surface area contributed by atoms with Crippen LogP contribution in [0.15, 0.2) is 35.9 Å². The highest BCUT2D eigenvalue weighted by molar-refractivity contribution is 5.78. The molecule has 0 saturated heterocycles. The van der Waals surface area contributed by atoms with Crippen LogP contribution in [0, 0.1) is 17.3 Å². The van der Waals surface area contributed by atoms with Crippen LogP contribution in [-0.4, -0.2) is 26.8 Å². The fourth-order valence-corrected chi connectivity index (χ4v) is 4.12. The summed E-state index contributed by atoms with van der Waals surface area (Å²) >= 11 is 0. The number of allylic oxidation sites excluding steroid dienone is 2.